The largest absolute Gasteiger partial charge is 0.456 e. The summed E-state index contributed by atoms with van der Waals surface area (Å²) in [4.78, 5) is 0. The summed E-state index contributed by atoms with van der Waals surface area (Å²) in [5.41, 5.74) is 31.1. The summed E-state index contributed by atoms with van der Waals surface area (Å²) in [6.07, 6.45) is 18.2. The lowest BCUT2D eigenvalue weighted by Crippen LogP contribution is -2.22. The Morgan fingerprint density at radius 1 is 0.250 bits per heavy atom. The van der Waals surface area contributed by atoms with E-state index in [1.807, 2.05) is 48.5 Å². The van der Waals surface area contributed by atoms with Gasteiger partial charge in [-0.2, -0.15) is 0 Å². The van der Waals surface area contributed by atoms with Crippen molar-refractivity contribution in [1.29, 1.82) is 0 Å². The summed E-state index contributed by atoms with van der Waals surface area (Å²) in [6, 6.07) is 75.7. The molecule has 3 heterocycles. The van der Waals surface area contributed by atoms with E-state index in [9.17, 15) is 0 Å². The fourth-order valence-corrected chi connectivity index (χ4v) is 13.0. The molecule has 0 radical (unpaired) electrons. The smallest absolute Gasteiger partial charge is 0.135 e. The summed E-state index contributed by atoms with van der Waals surface area (Å²) in [5, 5.41) is 3.25. The molecule has 1 N–H and O–H groups in total. The second-order valence-corrected chi connectivity index (χ2v) is 24.7. The number of piperidine rings is 1. The molecule has 0 aromatic heterocycles. The van der Waals surface area contributed by atoms with Crippen molar-refractivity contribution in [3.8, 4) is 22.6 Å². The average molecular weight is 1210 g/mol. The molecule has 2 saturated heterocycles. The van der Waals surface area contributed by atoms with E-state index >= 15 is 0 Å². The van der Waals surface area contributed by atoms with Crippen LogP contribution in [0.15, 0.2) is 288 Å². The molecule has 0 atom stereocenters. The summed E-state index contributed by atoms with van der Waals surface area (Å²) in [6.45, 7) is 36.4. The van der Waals surface area contributed by atoms with E-state index in [0.717, 1.165) is 97.8 Å². The maximum absolute atomic E-state index is 5.79. The average Bonchev–Trinajstić information content (AvgIpc) is 1.47. The van der Waals surface area contributed by atoms with E-state index in [4.69, 9.17) is 9.47 Å². The Bertz CT molecular complexity index is 3760. The molecule has 1 saturated carbocycles. The number of allylic oxidation sites excluding steroid dienone is 2. The first-order chi connectivity index (χ1) is 45.0. The van der Waals surface area contributed by atoms with Crippen molar-refractivity contribution >= 4 is 27.9 Å². The molecule has 0 bridgehead atoms. The zero-order valence-corrected chi connectivity index (χ0v) is 54.2. The Labute approximate surface area is 550 Å². The topological polar surface area (TPSA) is 30.5 Å². The Balaban J connectivity index is 0.000000117. The van der Waals surface area contributed by atoms with Crippen LogP contribution in [-0.2, 0) is 30.4 Å². The van der Waals surface area contributed by atoms with Crippen LogP contribution in [0.1, 0.15) is 149 Å². The maximum atomic E-state index is 5.79. The van der Waals surface area contributed by atoms with Gasteiger partial charge < -0.3 is 14.8 Å². The van der Waals surface area contributed by atoms with Crippen molar-refractivity contribution < 1.29 is 9.47 Å². The second-order valence-electron chi connectivity index (χ2n) is 24.7. The van der Waals surface area contributed by atoms with Crippen molar-refractivity contribution in [2.24, 2.45) is 0 Å². The molecule has 0 unspecified atom stereocenters. The summed E-state index contributed by atoms with van der Waals surface area (Å²) in [5.74, 6) is 1.78. The number of hydrogen-bond donors (Lipinski definition) is 1. The molecule has 3 aliphatic heterocycles. The van der Waals surface area contributed by atoms with E-state index in [-0.39, 0.29) is 0 Å². The van der Waals surface area contributed by atoms with Crippen LogP contribution in [0.25, 0.3) is 39.0 Å². The van der Waals surface area contributed by atoms with E-state index in [1.54, 1.807) is 0 Å². The number of para-hydroxylation sites is 2. The fraction of sp³-hybridized carbons (Fsp3) is 0.213. The monoisotopic (exact) mass is 1210 g/mol. The van der Waals surface area contributed by atoms with Crippen LogP contribution in [0.5, 0.6) is 11.5 Å². The van der Waals surface area contributed by atoms with Gasteiger partial charge in [0.05, 0.1) is 13.2 Å². The molecule has 8 aliphatic rings. The van der Waals surface area contributed by atoms with Crippen LogP contribution < -0.4 is 10.1 Å². The van der Waals surface area contributed by atoms with Crippen LogP contribution in [0.2, 0.25) is 0 Å². The van der Waals surface area contributed by atoms with Crippen molar-refractivity contribution in [1.82, 2.24) is 5.32 Å². The van der Waals surface area contributed by atoms with Gasteiger partial charge in [-0.3, -0.25) is 0 Å². The molecular weight excluding hydrogens is 1110 g/mol. The van der Waals surface area contributed by atoms with E-state index in [1.165, 1.54) is 170 Å². The lowest BCUT2D eigenvalue weighted by atomic mass is 9.83. The third kappa shape index (κ3) is 17.2. The molecule has 92 heavy (non-hydrogen) atoms. The van der Waals surface area contributed by atoms with Crippen LogP contribution >= 0.6 is 0 Å². The molecule has 3 nitrogen and oxygen atoms in total. The van der Waals surface area contributed by atoms with Crippen LogP contribution in [-0.4, -0.2) is 26.3 Å². The molecule has 0 amide bonds. The van der Waals surface area contributed by atoms with Gasteiger partial charge in [0, 0.05) is 11.1 Å². The predicted octanol–water partition coefficient (Wildman–Crippen LogP) is 22.9. The molecule has 17 rings (SSSR count). The maximum Gasteiger partial charge on any atom is 0.135 e. The third-order valence-electron chi connectivity index (χ3n) is 18.2. The van der Waals surface area contributed by atoms with Crippen molar-refractivity contribution in [3.63, 3.8) is 0 Å². The zero-order chi connectivity index (χ0) is 64.0. The highest BCUT2D eigenvalue weighted by Crippen LogP contribution is 2.44. The van der Waals surface area contributed by atoms with Gasteiger partial charge in [0.2, 0.25) is 0 Å². The predicted molar refractivity (Wildman–Crippen MR) is 394 cm³/mol. The standard InChI is InChI=1S/C16H14.C15H12.C14H10O.C14H10.C11H12.C7H12.C6H11N.C6H10O/c1-12-15-8-4-2-6-13(15)10-11-14-7-3-5-9-16(12)14;1-11-14-8-4-2-6-12(14)10-13-7-3-5-9-15(11)13;1-10-11-6-2-4-8-13(11)15-14-9-5-3-7-12(10)14;1-10-11-6-2-4-8-13(11)14-9-5-3-7-12(10)14;1-9-5-4-7-10-6-2-3-8-11(9)10;1-7-5-3-2-4-6-7;2*1-6-2-4-7-5-3-6/h2-9H,1,10-11H2;2-9H,1,10H2;2-9H,1H2;2-9H,1H2;2-3,6,8H,1,4-5,7H2;1-6H2;7H,1-5H2;1-5H2. The van der Waals surface area contributed by atoms with Gasteiger partial charge in [-0.1, -0.05) is 282 Å². The number of rotatable bonds is 0. The number of fused-ring (bicyclic) bond motifs is 10. The van der Waals surface area contributed by atoms with E-state index in [0.29, 0.717) is 0 Å². The van der Waals surface area contributed by atoms with E-state index in [2.05, 4.69) is 228 Å². The van der Waals surface area contributed by atoms with Gasteiger partial charge in [-0.25, -0.2) is 0 Å². The van der Waals surface area contributed by atoms with Crippen LogP contribution in [0, 0.1) is 0 Å². The minimum Gasteiger partial charge on any atom is -0.456 e. The number of aryl methyl sites for hydroxylation is 3. The quantitative estimate of drug-likeness (QED) is 0.154. The first kappa shape index (κ1) is 65.6. The first-order valence-corrected chi connectivity index (χ1v) is 33.2. The van der Waals surface area contributed by atoms with Crippen LogP contribution in [0.3, 0.4) is 0 Å². The van der Waals surface area contributed by atoms with Gasteiger partial charge >= 0.3 is 0 Å². The van der Waals surface area contributed by atoms with E-state index < -0.39 is 0 Å². The summed E-state index contributed by atoms with van der Waals surface area (Å²) < 4.78 is 10.9. The summed E-state index contributed by atoms with van der Waals surface area (Å²) >= 11 is 0. The minimum atomic E-state index is 0.888. The normalized spacial score (nSPS) is 15.6. The SMILES string of the molecule is C=C1CCCCC1.C=C1CCCc2ccccc21.C=C1CCNCC1.C=C1CCOCC1.C=C1c2ccccc2-c2ccccc21.C=C1c2ccccc2CCc2ccccc21.C=C1c2ccccc2Cc2ccccc21.C=C1c2ccccc2Oc2ccccc21. The molecule has 0 spiro atoms. The first-order valence-electron chi connectivity index (χ1n) is 33.2. The Morgan fingerprint density at radius 3 is 0.967 bits per heavy atom. The summed E-state index contributed by atoms with van der Waals surface area (Å²) in [7, 11) is 0. The fourth-order valence-electron chi connectivity index (χ4n) is 13.0. The third-order valence-corrected chi connectivity index (χ3v) is 18.2. The molecule has 5 aliphatic carbocycles. The molecular formula is C89H91NO2. The number of hydrogen-bond acceptors (Lipinski definition) is 3. The Hall–Kier alpha value is -9.38. The lowest BCUT2D eigenvalue weighted by molar-refractivity contribution is 0.119. The van der Waals surface area contributed by atoms with Gasteiger partial charge in [0.1, 0.15) is 11.5 Å². The highest BCUT2D eigenvalue weighted by Gasteiger charge is 2.22. The molecule has 3 fully saturated rings. The van der Waals surface area contributed by atoms with Gasteiger partial charge in [-0.05, 0) is 221 Å². The number of nitrogens with one attached hydrogen (secondary N) is 1. The lowest BCUT2D eigenvalue weighted by Gasteiger charge is -2.21. The highest BCUT2D eigenvalue weighted by molar-refractivity contribution is 6.00. The minimum absolute atomic E-state index is 0.888. The molecule has 464 valence electrons. The van der Waals surface area contributed by atoms with Crippen molar-refractivity contribution in [2.45, 2.75) is 96.3 Å². The van der Waals surface area contributed by atoms with Gasteiger partial charge in [-0.15, -0.1) is 0 Å². The van der Waals surface area contributed by atoms with Gasteiger partial charge in [0.15, 0.2) is 0 Å². The Kier molecular flexibility index (Phi) is 23.6. The number of benzene rings is 9. The molecule has 9 aromatic carbocycles. The molecule has 3 heteroatoms. The van der Waals surface area contributed by atoms with Crippen molar-refractivity contribution in [3.05, 3.63) is 366 Å². The zero-order valence-electron chi connectivity index (χ0n) is 54.2. The van der Waals surface area contributed by atoms with Crippen LogP contribution in [0.4, 0.5) is 0 Å². The van der Waals surface area contributed by atoms with Gasteiger partial charge in [0.25, 0.3) is 0 Å². The second kappa shape index (κ2) is 33.1. The van der Waals surface area contributed by atoms with Crippen molar-refractivity contribution in [2.75, 3.05) is 26.3 Å². The Morgan fingerprint density at radius 2 is 0.576 bits per heavy atom. The highest BCUT2D eigenvalue weighted by atomic mass is 16.5. The number of ether oxygens (including phenoxy) is 2. The molecule has 9 aromatic rings.